The molecule has 0 N–H and O–H groups in total. The Morgan fingerprint density at radius 3 is 2.53 bits per heavy atom. The first-order valence-electron chi connectivity index (χ1n) is 5.06. The second kappa shape index (κ2) is 4.79. The van der Waals surface area contributed by atoms with Crippen molar-refractivity contribution in [2.45, 2.75) is 0 Å². The van der Waals surface area contributed by atoms with Crippen LogP contribution in [-0.4, -0.2) is 23.8 Å². The Morgan fingerprint density at radius 2 is 2.00 bits per heavy atom. The Morgan fingerprint density at radius 1 is 1.24 bits per heavy atom. The minimum atomic E-state index is 0.769. The molecule has 0 aliphatic carbocycles. The molecule has 5 heteroatoms. The Hall–Kier alpha value is -1.49. The van der Waals surface area contributed by atoms with Gasteiger partial charge in [0, 0.05) is 12.6 Å². The number of aromatic nitrogens is 2. The lowest BCUT2D eigenvalue weighted by Crippen LogP contribution is -1.91. The Bertz CT molecular complexity index is 537. The van der Waals surface area contributed by atoms with E-state index >= 15 is 0 Å². The number of hydrogen-bond acceptors (Lipinski definition) is 3. The minimum absolute atomic E-state index is 0.769. The Balaban J connectivity index is 2.60. The van der Waals surface area contributed by atoms with E-state index in [4.69, 9.17) is 9.47 Å². The molecule has 1 aromatic heterocycles. The number of hydrogen-bond donors (Lipinski definition) is 0. The van der Waals surface area contributed by atoms with Crippen molar-refractivity contribution in [3.63, 3.8) is 0 Å². The number of rotatable bonds is 3. The van der Waals surface area contributed by atoms with Crippen LogP contribution in [0, 0.1) is 0 Å². The fraction of sp³-hybridized carbons (Fsp3) is 0.250. The second-order valence-electron chi connectivity index (χ2n) is 3.56. The van der Waals surface area contributed by atoms with Gasteiger partial charge in [-0.05, 0) is 34.1 Å². The molecule has 0 saturated carbocycles. The summed E-state index contributed by atoms with van der Waals surface area (Å²) in [5.41, 5.74) is 1.74. The van der Waals surface area contributed by atoms with E-state index in [1.165, 1.54) is 0 Å². The fourth-order valence-electron chi connectivity index (χ4n) is 1.60. The van der Waals surface area contributed by atoms with E-state index in [9.17, 15) is 0 Å². The van der Waals surface area contributed by atoms with E-state index in [0.717, 1.165) is 27.4 Å². The van der Waals surface area contributed by atoms with E-state index < -0.39 is 0 Å². The van der Waals surface area contributed by atoms with Crippen molar-refractivity contribution < 1.29 is 9.47 Å². The lowest BCUT2D eigenvalue weighted by Gasteiger charge is -2.09. The number of nitrogens with zero attached hydrogens (tertiary/aromatic N) is 2. The maximum atomic E-state index is 5.34. The summed E-state index contributed by atoms with van der Waals surface area (Å²) in [6.45, 7) is 0. The number of halogens is 1. The van der Waals surface area contributed by atoms with Gasteiger partial charge in [0.2, 0.25) is 0 Å². The van der Waals surface area contributed by atoms with Gasteiger partial charge in [-0.25, -0.2) is 4.98 Å². The number of benzene rings is 1. The van der Waals surface area contributed by atoms with Crippen LogP contribution in [0.4, 0.5) is 0 Å². The first-order valence-corrected chi connectivity index (χ1v) is 5.86. The van der Waals surface area contributed by atoms with Gasteiger partial charge in [-0.15, -0.1) is 0 Å². The van der Waals surface area contributed by atoms with Gasteiger partial charge < -0.3 is 14.0 Å². The third-order valence-electron chi connectivity index (χ3n) is 2.53. The predicted octanol–water partition coefficient (Wildman–Crippen LogP) is 2.87. The van der Waals surface area contributed by atoms with Crippen molar-refractivity contribution in [2.24, 2.45) is 7.05 Å². The van der Waals surface area contributed by atoms with Crippen molar-refractivity contribution in [2.75, 3.05) is 14.2 Å². The quantitative estimate of drug-likeness (QED) is 0.874. The summed E-state index contributed by atoms with van der Waals surface area (Å²) in [6.07, 6.45) is 1.75. The molecule has 17 heavy (non-hydrogen) atoms. The summed E-state index contributed by atoms with van der Waals surface area (Å²) in [5.74, 6) is 1.54. The first kappa shape index (κ1) is 12.0. The number of aryl methyl sites for hydroxylation is 1. The van der Waals surface area contributed by atoms with Crippen molar-refractivity contribution in [3.8, 4) is 22.8 Å². The third kappa shape index (κ3) is 2.15. The van der Waals surface area contributed by atoms with Gasteiger partial charge in [0.1, 0.15) is 21.8 Å². The summed E-state index contributed by atoms with van der Waals surface area (Å²) in [4.78, 5) is 4.35. The molecule has 1 heterocycles. The Labute approximate surface area is 108 Å². The van der Waals surface area contributed by atoms with E-state index in [1.54, 1.807) is 20.5 Å². The molecule has 0 fully saturated rings. The Kier molecular flexibility index (Phi) is 3.38. The van der Waals surface area contributed by atoms with Crippen LogP contribution in [0.25, 0.3) is 11.3 Å². The summed E-state index contributed by atoms with van der Waals surface area (Å²) >= 11 is 3.50. The van der Waals surface area contributed by atoms with Gasteiger partial charge in [0.15, 0.2) is 0 Å². The highest BCUT2D eigenvalue weighted by molar-refractivity contribution is 9.10. The summed E-state index contributed by atoms with van der Waals surface area (Å²) in [5, 5.41) is 0. The molecule has 2 rings (SSSR count). The van der Waals surface area contributed by atoms with Crippen molar-refractivity contribution in [3.05, 3.63) is 29.1 Å². The average Bonchev–Trinajstić information content (AvgIpc) is 2.69. The maximum absolute atomic E-state index is 5.34. The molecule has 0 bridgehead atoms. The van der Waals surface area contributed by atoms with Gasteiger partial charge in [-0.2, -0.15) is 0 Å². The first-order chi connectivity index (χ1) is 8.17. The smallest absolute Gasteiger partial charge is 0.128 e. The van der Waals surface area contributed by atoms with Gasteiger partial charge >= 0.3 is 0 Å². The van der Waals surface area contributed by atoms with E-state index in [0.29, 0.717) is 0 Å². The van der Waals surface area contributed by atoms with Gasteiger partial charge in [-0.3, -0.25) is 0 Å². The molecular formula is C12H13BrN2O2. The SMILES string of the molecule is COc1ccc(OC)c(-c2ncn(C)c2Br)c1. The number of ether oxygens (including phenoxy) is 2. The van der Waals surface area contributed by atoms with Gasteiger partial charge in [0.25, 0.3) is 0 Å². The third-order valence-corrected chi connectivity index (χ3v) is 3.46. The molecule has 0 radical (unpaired) electrons. The molecule has 90 valence electrons. The van der Waals surface area contributed by atoms with E-state index in [-0.39, 0.29) is 0 Å². The standard InChI is InChI=1S/C12H13BrN2O2/c1-15-7-14-11(12(15)13)9-6-8(16-2)4-5-10(9)17-3/h4-7H,1-3H3. The molecule has 0 atom stereocenters. The number of methoxy groups -OCH3 is 2. The number of imidazole rings is 1. The van der Waals surface area contributed by atoms with E-state index in [2.05, 4.69) is 20.9 Å². The fourth-order valence-corrected chi connectivity index (χ4v) is 2.00. The highest BCUT2D eigenvalue weighted by atomic mass is 79.9. The lowest BCUT2D eigenvalue weighted by atomic mass is 10.1. The van der Waals surface area contributed by atoms with Crippen LogP contribution in [-0.2, 0) is 7.05 Å². The highest BCUT2D eigenvalue weighted by Crippen LogP contribution is 2.36. The molecule has 4 nitrogen and oxygen atoms in total. The molecule has 2 aromatic rings. The molecule has 0 saturated heterocycles. The summed E-state index contributed by atoms with van der Waals surface area (Å²) in [7, 11) is 5.20. The van der Waals surface area contributed by atoms with Crippen LogP contribution in [0.1, 0.15) is 0 Å². The highest BCUT2D eigenvalue weighted by Gasteiger charge is 2.14. The zero-order valence-electron chi connectivity index (χ0n) is 9.90. The second-order valence-corrected chi connectivity index (χ2v) is 4.31. The molecular weight excluding hydrogens is 284 g/mol. The zero-order valence-corrected chi connectivity index (χ0v) is 11.5. The normalized spacial score (nSPS) is 10.4. The van der Waals surface area contributed by atoms with Crippen molar-refractivity contribution in [1.29, 1.82) is 0 Å². The molecule has 0 amide bonds. The monoisotopic (exact) mass is 296 g/mol. The van der Waals surface area contributed by atoms with Crippen LogP contribution < -0.4 is 9.47 Å². The molecule has 0 spiro atoms. The molecule has 0 aliphatic rings. The van der Waals surface area contributed by atoms with Crippen LogP contribution in [0.5, 0.6) is 11.5 Å². The maximum Gasteiger partial charge on any atom is 0.128 e. The van der Waals surface area contributed by atoms with Crippen molar-refractivity contribution >= 4 is 15.9 Å². The van der Waals surface area contributed by atoms with Crippen LogP contribution in [0.15, 0.2) is 29.1 Å². The summed E-state index contributed by atoms with van der Waals surface area (Å²) in [6, 6.07) is 5.64. The molecule has 1 aromatic carbocycles. The van der Waals surface area contributed by atoms with Crippen molar-refractivity contribution in [1.82, 2.24) is 9.55 Å². The largest absolute Gasteiger partial charge is 0.497 e. The molecule has 0 unspecified atom stereocenters. The van der Waals surface area contributed by atoms with E-state index in [1.807, 2.05) is 29.8 Å². The van der Waals surface area contributed by atoms with Crippen LogP contribution >= 0.6 is 15.9 Å². The topological polar surface area (TPSA) is 36.3 Å². The summed E-state index contributed by atoms with van der Waals surface area (Å²) < 4.78 is 13.4. The zero-order chi connectivity index (χ0) is 12.4. The minimum Gasteiger partial charge on any atom is -0.497 e. The average molecular weight is 297 g/mol. The lowest BCUT2D eigenvalue weighted by molar-refractivity contribution is 0.404. The van der Waals surface area contributed by atoms with Gasteiger partial charge in [0.05, 0.1) is 20.5 Å². The predicted molar refractivity (Wildman–Crippen MR) is 69.4 cm³/mol. The van der Waals surface area contributed by atoms with Crippen LogP contribution in [0.3, 0.4) is 0 Å². The molecule has 0 aliphatic heterocycles. The van der Waals surface area contributed by atoms with Crippen LogP contribution in [0.2, 0.25) is 0 Å². The van der Waals surface area contributed by atoms with Gasteiger partial charge in [-0.1, -0.05) is 0 Å².